The fourth-order valence-corrected chi connectivity index (χ4v) is 3.62. The van der Waals surface area contributed by atoms with Gasteiger partial charge >= 0.3 is 0 Å². The minimum absolute atomic E-state index is 0.318. The summed E-state index contributed by atoms with van der Waals surface area (Å²) in [4.78, 5) is 20.3. The molecule has 9 heteroatoms. The molecule has 1 fully saturated rings. The Morgan fingerprint density at radius 3 is 2.47 bits per heavy atom. The number of fused-ring (bicyclic) bond motifs is 1. The number of aryl methyl sites for hydroxylation is 2. The molecule has 0 saturated carbocycles. The van der Waals surface area contributed by atoms with Crippen LogP contribution in [0, 0.1) is 19.7 Å². The fourth-order valence-electron chi connectivity index (χ4n) is 3.62. The predicted octanol–water partition coefficient (Wildman–Crippen LogP) is 4.23. The zero-order valence-electron chi connectivity index (χ0n) is 17.9. The van der Waals surface area contributed by atoms with Crippen molar-refractivity contribution < 1.29 is 9.13 Å². The van der Waals surface area contributed by atoms with Crippen molar-refractivity contribution >= 4 is 23.6 Å². The molecule has 4 aromatic rings. The van der Waals surface area contributed by atoms with Crippen LogP contribution in [0.5, 0.6) is 11.6 Å². The number of anilines is 1. The molecule has 162 valence electrons. The second-order valence-corrected chi connectivity index (χ2v) is 7.70. The summed E-state index contributed by atoms with van der Waals surface area (Å²) in [5, 5.41) is 4.53. The van der Waals surface area contributed by atoms with Gasteiger partial charge in [-0.25, -0.2) is 18.9 Å². The number of ether oxygens (including phenoxy) is 1. The summed E-state index contributed by atoms with van der Waals surface area (Å²) in [5.74, 6) is 2.41. The van der Waals surface area contributed by atoms with Gasteiger partial charge in [0.05, 0.1) is 11.4 Å². The van der Waals surface area contributed by atoms with Gasteiger partial charge in [0.25, 0.3) is 0 Å². The summed E-state index contributed by atoms with van der Waals surface area (Å²) in [6.07, 6.45) is 7.56. The Morgan fingerprint density at radius 2 is 1.72 bits per heavy atom. The van der Waals surface area contributed by atoms with E-state index in [1.54, 1.807) is 35.0 Å². The van der Waals surface area contributed by atoms with Crippen LogP contribution in [-0.2, 0) is 0 Å². The van der Waals surface area contributed by atoms with Crippen LogP contribution in [0.3, 0.4) is 0 Å². The first kappa shape index (κ1) is 20.0. The molecule has 0 radical (unpaired) electrons. The van der Waals surface area contributed by atoms with Crippen LogP contribution in [0.15, 0.2) is 36.5 Å². The lowest BCUT2D eigenvalue weighted by Gasteiger charge is -2.17. The molecule has 0 bridgehead atoms. The van der Waals surface area contributed by atoms with Gasteiger partial charge < -0.3 is 9.64 Å². The fraction of sp³-hybridized carbons (Fsp3) is 0.261. The first-order valence-corrected chi connectivity index (χ1v) is 10.5. The van der Waals surface area contributed by atoms with Crippen LogP contribution >= 0.6 is 0 Å². The Bertz CT molecular complexity index is 1250. The van der Waals surface area contributed by atoms with Crippen molar-refractivity contribution in [1.82, 2.24) is 29.5 Å². The highest BCUT2D eigenvalue weighted by Gasteiger charge is 2.16. The number of rotatable bonds is 5. The maximum Gasteiger partial charge on any atom is 0.224 e. The summed E-state index contributed by atoms with van der Waals surface area (Å²) in [5.41, 5.74) is 2.43. The Hall–Kier alpha value is -3.88. The Balaban J connectivity index is 1.48. The van der Waals surface area contributed by atoms with Crippen LogP contribution in [-0.4, -0.2) is 42.6 Å². The van der Waals surface area contributed by atoms with Gasteiger partial charge in [0.1, 0.15) is 17.4 Å². The van der Waals surface area contributed by atoms with E-state index in [9.17, 15) is 4.39 Å². The first-order valence-electron chi connectivity index (χ1n) is 10.5. The van der Waals surface area contributed by atoms with E-state index in [4.69, 9.17) is 4.74 Å². The van der Waals surface area contributed by atoms with Crippen molar-refractivity contribution in [2.24, 2.45) is 0 Å². The van der Waals surface area contributed by atoms with Gasteiger partial charge in [-0.3, -0.25) is 4.98 Å². The molecule has 32 heavy (non-hydrogen) atoms. The monoisotopic (exact) mass is 431 g/mol. The lowest BCUT2D eigenvalue weighted by Crippen LogP contribution is -2.19. The lowest BCUT2D eigenvalue weighted by atomic mass is 10.3. The number of benzene rings is 1. The number of halogens is 1. The minimum atomic E-state index is -0.318. The highest BCUT2D eigenvalue weighted by atomic mass is 19.1. The molecule has 0 atom stereocenters. The maximum atomic E-state index is 13.2. The normalized spacial score (nSPS) is 14.0. The molecule has 0 aliphatic carbocycles. The molecule has 1 aliphatic heterocycles. The van der Waals surface area contributed by atoms with Gasteiger partial charge in [0.2, 0.25) is 5.88 Å². The molecule has 0 spiro atoms. The smallest absolute Gasteiger partial charge is 0.224 e. The molecule has 1 aromatic carbocycles. The van der Waals surface area contributed by atoms with Crippen molar-refractivity contribution in [3.05, 3.63) is 65.4 Å². The van der Waals surface area contributed by atoms with Gasteiger partial charge in [-0.15, -0.1) is 5.10 Å². The van der Waals surface area contributed by atoms with Crippen molar-refractivity contribution in [1.29, 1.82) is 0 Å². The third-order valence-corrected chi connectivity index (χ3v) is 5.28. The number of nitrogens with zero attached hydrogens (tertiary/aromatic N) is 7. The van der Waals surface area contributed by atoms with E-state index in [0.717, 1.165) is 48.8 Å². The molecule has 0 amide bonds. The van der Waals surface area contributed by atoms with Gasteiger partial charge in [0, 0.05) is 25.4 Å². The summed E-state index contributed by atoms with van der Waals surface area (Å²) in [6.45, 7) is 5.72. The summed E-state index contributed by atoms with van der Waals surface area (Å²) in [7, 11) is 0. The molecule has 0 N–H and O–H groups in total. The van der Waals surface area contributed by atoms with Gasteiger partial charge in [-0.1, -0.05) is 0 Å². The van der Waals surface area contributed by atoms with Crippen molar-refractivity contribution in [2.75, 3.05) is 18.0 Å². The minimum Gasteiger partial charge on any atom is -0.439 e. The lowest BCUT2D eigenvalue weighted by molar-refractivity contribution is 0.459. The molecular weight excluding hydrogens is 409 g/mol. The Labute approximate surface area is 184 Å². The van der Waals surface area contributed by atoms with Crippen molar-refractivity contribution in [3.8, 4) is 11.6 Å². The van der Waals surface area contributed by atoms with Crippen LogP contribution in [0.1, 0.15) is 35.9 Å². The summed E-state index contributed by atoms with van der Waals surface area (Å²) >= 11 is 0. The number of hydrogen-bond donors (Lipinski definition) is 0. The molecule has 1 aliphatic rings. The number of hydrogen-bond acceptors (Lipinski definition) is 7. The van der Waals surface area contributed by atoms with Crippen LogP contribution in [0.2, 0.25) is 0 Å². The summed E-state index contributed by atoms with van der Waals surface area (Å²) < 4.78 is 20.9. The van der Waals surface area contributed by atoms with Crippen LogP contribution in [0.25, 0.3) is 17.8 Å². The topological polar surface area (TPSA) is 81.3 Å². The standard InChI is InChI=1S/C23H22FN7O/c1-15-14-25-16(2)23-28-20(29-31(15)23)10-9-19-26-21(30-11-3-4-12-30)13-22(27-19)32-18-7-5-17(24)6-8-18/h5-10,13-14H,3-4,11-12H2,1-2H3/b10-9+. The zero-order valence-corrected chi connectivity index (χ0v) is 17.9. The molecule has 4 heterocycles. The predicted molar refractivity (Wildman–Crippen MR) is 119 cm³/mol. The van der Waals surface area contributed by atoms with Gasteiger partial charge in [-0.05, 0) is 63.1 Å². The molecule has 8 nitrogen and oxygen atoms in total. The van der Waals surface area contributed by atoms with E-state index in [2.05, 4.69) is 29.9 Å². The Kier molecular flexibility index (Phi) is 5.22. The number of aromatic nitrogens is 6. The first-order chi connectivity index (χ1) is 15.5. The van der Waals surface area contributed by atoms with E-state index in [0.29, 0.717) is 23.3 Å². The zero-order chi connectivity index (χ0) is 22.1. The highest BCUT2D eigenvalue weighted by molar-refractivity contribution is 5.65. The van der Waals surface area contributed by atoms with Crippen molar-refractivity contribution in [2.45, 2.75) is 26.7 Å². The van der Waals surface area contributed by atoms with Crippen LogP contribution < -0.4 is 9.64 Å². The van der Waals surface area contributed by atoms with Gasteiger partial charge in [-0.2, -0.15) is 4.98 Å². The third-order valence-electron chi connectivity index (χ3n) is 5.28. The summed E-state index contributed by atoms with van der Waals surface area (Å²) in [6, 6.07) is 7.66. The van der Waals surface area contributed by atoms with E-state index in [-0.39, 0.29) is 5.82 Å². The second-order valence-electron chi connectivity index (χ2n) is 7.70. The SMILES string of the molecule is Cc1ncc(C)n2nc(/C=C/c3nc(Oc4ccc(F)cc4)cc(N4CCCC4)n3)nc12. The van der Waals surface area contributed by atoms with Crippen LogP contribution in [0.4, 0.5) is 10.2 Å². The van der Waals surface area contributed by atoms with Gasteiger partial charge in [0.15, 0.2) is 17.3 Å². The molecule has 5 rings (SSSR count). The molecule has 1 saturated heterocycles. The van der Waals surface area contributed by atoms with E-state index < -0.39 is 0 Å². The molecule has 3 aromatic heterocycles. The Morgan fingerprint density at radius 1 is 0.969 bits per heavy atom. The largest absolute Gasteiger partial charge is 0.439 e. The average molecular weight is 431 g/mol. The quantitative estimate of drug-likeness (QED) is 0.468. The highest BCUT2D eigenvalue weighted by Crippen LogP contribution is 2.26. The second kappa shape index (κ2) is 8.33. The van der Waals surface area contributed by atoms with E-state index >= 15 is 0 Å². The molecular formula is C23H22FN7O. The molecule has 0 unspecified atom stereocenters. The van der Waals surface area contributed by atoms with Crippen molar-refractivity contribution in [3.63, 3.8) is 0 Å². The maximum absolute atomic E-state index is 13.2. The third kappa shape index (κ3) is 4.14. The van der Waals surface area contributed by atoms with E-state index in [1.807, 2.05) is 19.9 Å². The van der Waals surface area contributed by atoms with E-state index in [1.165, 1.54) is 12.1 Å². The average Bonchev–Trinajstić information content (AvgIpc) is 3.47.